The van der Waals surface area contributed by atoms with Crippen molar-refractivity contribution in [3.63, 3.8) is 0 Å². The zero-order chi connectivity index (χ0) is 27.3. The van der Waals surface area contributed by atoms with Crippen LogP contribution >= 0.6 is 0 Å². The average Bonchev–Trinajstić information content (AvgIpc) is 2.83. The molecule has 2 heterocycles. The summed E-state index contributed by atoms with van der Waals surface area (Å²) in [6.07, 6.45) is 3.65. The summed E-state index contributed by atoms with van der Waals surface area (Å²) in [7, 11) is 0. The van der Waals surface area contributed by atoms with Crippen LogP contribution in [0.25, 0.3) is 32.8 Å². The molecule has 1 aliphatic rings. The number of ether oxygens (including phenoxy) is 1. The van der Waals surface area contributed by atoms with Gasteiger partial charge in [-0.15, -0.1) is 0 Å². The summed E-state index contributed by atoms with van der Waals surface area (Å²) in [5, 5.41) is 27.9. The number of aromatic carboxylic acids is 1. The van der Waals surface area contributed by atoms with Gasteiger partial charge in [0, 0.05) is 23.6 Å². The Morgan fingerprint density at radius 1 is 1.14 bits per heavy atom. The summed E-state index contributed by atoms with van der Waals surface area (Å²) < 4.78 is 5.89. The number of benzene rings is 3. The van der Waals surface area contributed by atoms with E-state index in [4.69, 9.17) is 24.7 Å². The van der Waals surface area contributed by atoms with Gasteiger partial charge >= 0.3 is 5.97 Å². The van der Waals surface area contributed by atoms with Crippen molar-refractivity contribution in [1.29, 1.82) is 0 Å². The fraction of sp³-hybridized carbons (Fsp3) is 0.300. The monoisotopic (exact) mass is 503 g/mol. The molecule has 194 valence electrons. The number of aliphatic hydroxyl groups is 1. The Kier molecular flexibility index (Phi) is 8.50. The van der Waals surface area contributed by atoms with Gasteiger partial charge in [-0.2, -0.15) is 0 Å². The van der Waals surface area contributed by atoms with E-state index in [1.807, 2.05) is 18.3 Å². The van der Waals surface area contributed by atoms with E-state index >= 15 is 0 Å². The molecule has 0 saturated heterocycles. The van der Waals surface area contributed by atoms with Crippen molar-refractivity contribution < 1.29 is 29.6 Å². The minimum Gasteiger partial charge on any atom is -0.493 e. The van der Waals surface area contributed by atoms with E-state index in [2.05, 4.69) is 32.0 Å². The van der Waals surface area contributed by atoms with E-state index in [1.54, 1.807) is 32.9 Å². The number of aryl methyl sites for hydroxylation is 1. The Labute approximate surface area is 216 Å². The van der Waals surface area contributed by atoms with Gasteiger partial charge in [0.15, 0.2) is 0 Å². The Hall–Kier alpha value is -3.97. The van der Waals surface area contributed by atoms with E-state index < -0.39 is 11.6 Å². The molecule has 1 aliphatic heterocycles. The van der Waals surface area contributed by atoms with Crippen molar-refractivity contribution >= 4 is 34.1 Å². The third-order valence-electron chi connectivity index (χ3n) is 5.91. The number of rotatable bonds is 3. The number of carbonyl (C=O) groups is 2. The predicted molar refractivity (Wildman–Crippen MR) is 146 cm³/mol. The van der Waals surface area contributed by atoms with E-state index in [9.17, 15) is 9.90 Å². The average molecular weight is 504 g/mol. The zero-order valence-corrected chi connectivity index (χ0v) is 21.8. The molecule has 0 spiro atoms. The van der Waals surface area contributed by atoms with Gasteiger partial charge < -0.3 is 20.1 Å². The summed E-state index contributed by atoms with van der Waals surface area (Å²) in [4.78, 5) is 24.6. The van der Waals surface area contributed by atoms with Gasteiger partial charge in [0.05, 0.1) is 23.3 Å². The molecular formula is C30H33NO6. The zero-order valence-electron chi connectivity index (χ0n) is 21.8. The van der Waals surface area contributed by atoms with Crippen LogP contribution in [0, 0.1) is 6.92 Å². The Morgan fingerprint density at radius 3 is 2.43 bits per heavy atom. The lowest BCUT2D eigenvalue weighted by molar-refractivity contribution is -0.122. The molecule has 0 atom stereocenters. The molecule has 0 amide bonds. The normalized spacial score (nSPS) is 12.1. The highest BCUT2D eigenvalue weighted by atomic mass is 16.5. The van der Waals surface area contributed by atoms with Crippen LogP contribution in [0.15, 0.2) is 48.7 Å². The van der Waals surface area contributed by atoms with Crippen molar-refractivity contribution in [3.05, 3.63) is 70.9 Å². The molecular weight excluding hydrogens is 470 g/mol. The molecule has 5 rings (SSSR count). The standard InChI is InChI=1S/C25H21NO3.C4H10O.CH2O2/c1-3-18-14(2)12-17-13-16(25(27)28)4-5-19(17)23(18)20-6-7-21-22-15(9-11-29-21)8-10-26-24(20)22;1-4(2,3)5;2-1-3/h4-8,10,12-13H,3,9,11H2,1-2H3,(H,27,28);5H,1-3H3;1H,(H,2,3). The fourth-order valence-electron chi connectivity index (χ4n) is 4.59. The van der Waals surface area contributed by atoms with Crippen LogP contribution in [0.4, 0.5) is 0 Å². The second-order valence-electron chi connectivity index (χ2n) is 9.82. The van der Waals surface area contributed by atoms with Gasteiger partial charge in [0.1, 0.15) is 5.75 Å². The predicted octanol–water partition coefficient (Wildman–Crippen LogP) is 6.04. The topological polar surface area (TPSA) is 117 Å². The van der Waals surface area contributed by atoms with Gasteiger partial charge in [0.25, 0.3) is 6.47 Å². The molecule has 1 aromatic heterocycles. The second-order valence-corrected chi connectivity index (χ2v) is 9.82. The molecule has 0 fully saturated rings. The van der Waals surface area contributed by atoms with Crippen LogP contribution in [0.5, 0.6) is 5.75 Å². The van der Waals surface area contributed by atoms with E-state index in [-0.39, 0.29) is 6.47 Å². The largest absolute Gasteiger partial charge is 0.493 e. The van der Waals surface area contributed by atoms with Gasteiger partial charge in [0.2, 0.25) is 0 Å². The number of hydrogen-bond donors (Lipinski definition) is 3. The number of carboxylic acids is 1. The van der Waals surface area contributed by atoms with Gasteiger partial charge in [-0.05, 0) is 97.5 Å². The SMILES string of the molecule is CC(C)(C)O.CCc1c(C)cc2cc(C(=O)O)ccc2c1-c1ccc2c3c(ccnc13)CCO2.O=CO. The Balaban J connectivity index is 0.000000420. The van der Waals surface area contributed by atoms with Crippen LogP contribution < -0.4 is 4.74 Å². The van der Waals surface area contributed by atoms with Crippen molar-refractivity contribution in [1.82, 2.24) is 4.98 Å². The third kappa shape index (κ3) is 6.24. The molecule has 4 aromatic rings. The third-order valence-corrected chi connectivity index (χ3v) is 5.91. The number of nitrogens with zero attached hydrogens (tertiary/aromatic N) is 1. The number of fused-ring (bicyclic) bond motifs is 1. The summed E-state index contributed by atoms with van der Waals surface area (Å²) in [5.41, 5.74) is 6.65. The fourth-order valence-corrected chi connectivity index (χ4v) is 4.59. The van der Waals surface area contributed by atoms with Crippen molar-refractivity contribution in [2.75, 3.05) is 6.61 Å². The lowest BCUT2D eigenvalue weighted by atomic mass is 9.86. The van der Waals surface area contributed by atoms with E-state index in [1.165, 1.54) is 11.1 Å². The summed E-state index contributed by atoms with van der Waals surface area (Å²) >= 11 is 0. The molecule has 0 radical (unpaired) electrons. The lowest BCUT2D eigenvalue weighted by Crippen LogP contribution is -2.10. The molecule has 37 heavy (non-hydrogen) atoms. The summed E-state index contributed by atoms with van der Waals surface area (Å²) in [5.74, 6) is -0.0210. The molecule has 3 aromatic carbocycles. The number of pyridine rings is 1. The van der Waals surface area contributed by atoms with Crippen LogP contribution in [-0.4, -0.2) is 45.0 Å². The summed E-state index contributed by atoms with van der Waals surface area (Å²) in [6.45, 7) is 9.92. The molecule has 7 heteroatoms. The first-order chi connectivity index (χ1) is 17.5. The van der Waals surface area contributed by atoms with Gasteiger partial charge in [-0.3, -0.25) is 9.78 Å². The Morgan fingerprint density at radius 2 is 1.81 bits per heavy atom. The minimum absolute atomic E-state index is 0.250. The van der Waals surface area contributed by atoms with Crippen LogP contribution in [0.3, 0.4) is 0 Å². The minimum atomic E-state index is -0.911. The maximum absolute atomic E-state index is 11.5. The smallest absolute Gasteiger partial charge is 0.335 e. The molecule has 0 aliphatic carbocycles. The van der Waals surface area contributed by atoms with Crippen LogP contribution in [0.1, 0.15) is 54.7 Å². The number of hydrogen-bond acceptors (Lipinski definition) is 5. The maximum atomic E-state index is 11.5. The first-order valence-corrected chi connectivity index (χ1v) is 12.1. The highest BCUT2D eigenvalue weighted by Crippen LogP contribution is 2.42. The maximum Gasteiger partial charge on any atom is 0.335 e. The molecule has 3 N–H and O–H groups in total. The Bertz CT molecular complexity index is 1440. The van der Waals surface area contributed by atoms with Crippen molar-refractivity contribution in [2.45, 2.75) is 53.1 Å². The highest BCUT2D eigenvalue weighted by molar-refractivity contribution is 6.09. The van der Waals surface area contributed by atoms with Crippen molar-refractivity contribution in [2.24, 2.45) is 0 Å². The molecule has 7 nitrogen and oxygen atoms in total. The van der Waals surface area contributed by atoms with Crippen molar-refractivity contribution in [3.8, 4) is 16.9 Å². The first-order valence-electron chi connectivity index (χ1n) is 12.1. The van der Waals surface area contributed by atoms with Crippen LogP contribution in [0.2, 0.25) is 0 Å². The lowest BCUT2D eigenvalue weighted by Gasteiger charge is -2.21. The first kappa shape index (κ1) is 27.6. The molecule has 0 bridgehead atoms. The molecule has 0 unspecified atom stereocenters. The highest BCUT2D eigenvalue weighted by Gasteiger charge is 2.21. The number of carboxylic acid groups (broad SMARTS) is 2. The van der Waals surface area contributed by atoms with Crippen LogP contribution in [-0.2, 0) is 17.6 Å². The van der Waals surface area contributed by atoms with Gasteiger partial charge in [-0.1, -0.05) is 19.1 Å². The quantitative estimate of drug-likeness (QED) is 0.292. The van der Waals surface area contributed by atoms with E-state index in [0.717, 1.165) is 57.0 Å². The molecule has 0 saturated carbocycles. The van der Waals surface area contributed by atoms with E-state index in [0.29, 0.717) is 12.2 Å². The second kappa shape index (κ2) is 11.4. The number of aromatic nitrogens is 1. The summed E-state index contributed by atoms with van der Waals surface area (Å²) in [6, 6.07) is 13.7. The van der Waals surface area contributed by atoms with Gasteiger partial charge in [-0.25, -0.2) is 4.79 Å².